The molecule has 1 fully saturated rings. The molecule has 1 atom stereocenters. The molecule has 114 valence electrons. The van der Waals surface area contributed by atoms with Crippen LogP contribution in [0.2, 0.25) is 0 Å². The van der Waals surface area contributed by atoms with Crippen molar-refractivity contribution in [2.24, 2.45) is 5.92 Å². The van der Waals surface area contributed by atoms with Gasteiger partial charge in [-0.3, -0.25) is 9.59 Å². The van der Waals surface area contributed by atoms with Crippen molar-refractivity contribution >= 4 is 17.4 Å². The zero-order valence-electron chi connectivity index (χ0n) is 12.5. The van der Waals surface area contributed by atoms with Crippen LogP contribution < -0.4 is 10.2 Å². The topological polar surface area (TPSA) is 49.4 Å². The van der Waals surface area contributed by atoms with Gasteiger partial charge in [0.05, 0.1) is 11.3 Å². The Morgan fingerprint density at radius 1 is 1.38 bits per heavy atom. The number of nitrogens with one attached hydrogen (secondary N) is 1. The van der Waals surface area contributed by atoms with Gasteiger partial charge in [-0.15, -0.1) is 0 Å². The van der Waals surface area contributed by atoms with E-state index in [2.05, 4.69) is 10.2 Å². The summed E-state index contributed by atoms with van der Waals surface area (Å²) < 4.78 is 13.9. The Balaban J connectivity index is 2.16. The molecule has 0 bridgehead atoms. The number of amides is 1. The Morgan fingerprint density at radius 3 is 2.81 bits per heavy atom. The van der Waals surface area contributed by atoms with Crippen LogP contribution in [-0.2, 0) is 4.79 Å². The number of carbonyl (C=O) groups excluding carboxylic acids is 2. The van der Waals surface area contributed by atoms with Crippen molar-refractivity contribution in [3.63, 3.8) is 0 Å². The largest absolute Gasteiger partial charge is 0.371 e. The fourth-order valence-electron chi connectivity index (χ4n) is 2.86. The Labute approximate surface area is 124 Å². The van der Waals surface area contributed by atoms with Crippen LogP contribution in [0, 0.1) is 11.7 Å². The molecule has 0 aliphatic carbocycles. The third-order valence-electron chi connectivity index (χ3n) is 3.84. The highest BCUT2D eigenvalue weighted by Gasteiger charge is 2.24. The Hall–Kier alpha value is -1.91. The van der Waals surface area contributed by atoms with E-state index in [4.69, 9.17) is 0 Å². The van der Waals surface area contributed by atoms with Gasteiger partial charge in [0.2, 0.25) is 5.91 Å². The number of ketones is 1. The standard InChI is InChI=1S/C16H21FN2O2/c1-11(20)16-14(17)6-3-7-15(16)19-8-4-5-13(10-19)9-18-12(2)21/h3,6-7,13H,4-5,8-10H2,1-2H3,(H,18,21). The number of Topliss-reactive ketones (excluding diaryl/α,β-unsaturated/α-hetero) is 1. The predicted molar refractivity (Wildman–Crippen MR) is 80.0 cm³/mol. The first-order valence-corrected chi connectivity index (χ1v) is 7.28. The van der Waals surface area contributed by atoms with E-state index in [1.54, 1.807) is 12.1 Å². The number of benzene rings is 1. The number of anilines is 1. The molecule has 1 aromatic rings. The van der Waals surface area contributed by atoms with Gasteiger partial charge in [-0.1, -0.05) is 6.07 Å². The molecule has 1 aromatic carbocycles. The molecular formula is C16H21FN2O2. The normalized spacial score (nSPS) is 18.4. The minimum absolute atomic E-state index is 0.0395. The van der Waals surface area contributed by atoms with Crippen LogP contribution in [-0.4, -0.2) is 31.3 Å². The van der Waals surface area contributed by atoms with Gasteiger partial charge in [-0.2, -0.15) is 0 Å². The first-order valence-electron chi connectivity index (χ1n) is 7.28. The second kappa shape index (κ2) is 6.70. The molecule has 5 heteroatoms. The highest BCUT2D eigenvalue weighted by molar-refractivity contribution is 6.00. The van der Waals surface area contributed by atoms with E-state index in [0.717, 1.165) is 25.9 Å². The summed E-state index contributed by atoms with van der Waals surface area (Å²) in [5, 5.41) is 2.83. The summed E-state index contributed by atoms with van der Waals surface area (Å²) in [7, 11) is 0. The minimum Gasteiger partial charge on any atom is -0.371 e. The maximum atomic E-state index is 13.9. The van der Waals surface area contributed by atoms with Crippen molar-refractivity contribution in [3.05, 3.63) is 29.6 Å². The monoisotopic (exact) mass is 292 g/mol. The van der Waals surface area contributed by atoms with E-state index >= 15 is 0 Å². The minimum atomic E-state index is -0.469. The number of halogens is 1. The van der Waals surface area contributed by atoms with Crippen LogP contribution in [0.25, 0.3) is 0 Å². The fraction of sp³-hybridized carbons (Fsp3) is 0.500. The van der Waals surface area contributed by atoms with Gasteiger partial charge < -0.3 is 10.2 Å². The first-order chi connectivity index (χ1) is 9.99. The van der Waals surface area contributed by atoms with E-state index < -0.39 is 5.82 Å². The summed E-state index contributed by atoms with van der Waals surface area (Å²) in [6.07, 6.45) is 2.00. The van der Waals surface area contributed by atoms with E-state index in [1.807, 2.05) is 0 Å². The summed E-state index contributed by atoms with van der Waals surface area (Å²) >= 11 is 0. The van der Waals surface area contributed by atoms with Crippen LogP contribution in [0.1, 0.15) is 37.0 Å². The number of rotatable bonds is 4. The average molecular weight is 292 g/mol. The number of nitrogens with zero attached hydrogens (tertiary/aromatic N) is 1. The molecule has 21 heavy (non-hydrogen) atoms. The molecule has 1 amide bonds. The third-order valence-corrected chi connectivity index (χ3v) is 3.84. The lowest BCUT2D eigenvalue weighted by molar-refractivity contribution is -0.119. The zero-order valence-corrected chi connectivity index (χ0v) is 12.5. The molecule has 1 aliphatic heterocycles. The summed E-state index contributed by atoms with van der Waals surface area (Å²) in [5.41, 5.74) is 0.827. The quantitative estimate of drug-likeness (QED) is 0.867. The number of piperidine rings is 1. The van der Waals surface area contributed by atoms with Crippen molar-refractivity contribution < 1.29 is 14.0 Å². The molecule has 1 N–H and O–H groups in total. The van der Waals surface area contributed by atoms with E-state index in [-0.39, 0.29) is 17.3 Å². The maximum Gasteiger partial charge on any atom is 0.216 e. The van der Waals surface area contributed by atoms with Crippen molar-refractivity contribution in [2.45, 2.75) is 26.7 Å². The number of hydrogen-bond donors (Lipinski definition) is 1. The number of carbonyl (C=O) groups is 2. The van der Waals surface area contributed by atoms with Gasteiger partial charge >= 0.3 is 0 Å². The smallest absolute Gasteiger partial charge is 0.216 e. The first kappa shape index (κ1) is 15.5. The zero-order chi connectivity index (χ0) is 15.4. The summed E-state index contributed by atoms with van der Waals surface area (Å²) in [6.45, 7) is 5.04. The Bertz CT molecular complexity index is 545. The molecule has 1 unspecified atom stereocenters. The molecule has 1 aliphatic rings. The molecule has 0 spiro atoms. The molecule has 1 heterocycles. The van der Waals surface area contributed by atoms with Crippen molar-refractivity contribution in [1.82, 2.24) is 5.32 Å². The Kier molecular flexibility index (Phi) is 4.94. The van der Waals surface area contributed by atoms with Crippen LogP contribution in [0.15, 0.2) is 18.2 Å². The van der Waals surface area contributed by atoms with Crippen molar-refractivity contribution in [3.8, 4) is 0 Å². The van der Waals surface area contributed by atoms with Gasteiger partial charge in [-0.25, -0.2) is 4.39 Å². The van der Waals surface area contributed by atoms with E-state index in [1.165, 1.54) is 19.9 Å². The van der Waals surface area contributed by atoms with Gasteiger partial charge in [-0.05, 0) is 37.8 Å². The van der Waals surface area contributed by atoms with E-state index in [0.29, 0.717) is 18.2 Å². The molecular weight excluding hydrogens is 271 g/mol. The van der Waals surface area contributed by atoms with Crippen LogP contribution >= 0.6 is 0 Å². The van der Waals surface area contributed by atoms with Gasteiger partial charge in [0, 0.05) is 26.6 Å². The average Bonchev–Trinajstić information content (AvgIpc) is 2.44. The molecule has 1 saturated heterocycles. The van der Waals surface area contributed by atoms with Crippen LogP contribution in [0.4, 0.5) is 10.1 Å². The third kappa shape index (κ3) is 3.80. The number of hydrogen-bond acceptors (Lipinski definition) is 3. The second-order valence-corrected chi connectivity index (χ2v) is 5.58. The lowest BCUT2D eigenvalue weighted by Crippen LogP contribution is -2.41. The maximum absolute atomic E-state index is 13.9. The lowest BCUT2D eigenvalue weighted by Gasteiger charge is -2.35. The van der Waals surface area contributed by atoms with Gasteiger partial charge in [0.25, 0.3) is 0 Å². The highest BCUT2D eigenvalue weighted by Crippen LogP contribution is 2.28. The van der Waals surface area contributed by atoms with Crippen molar-refractivity contribution in [1.29, 1.82) is 0 Å². The predicted octanol–water partition coefficient (Wildman–Crippen LogP) is 2.38. The lowest BCUT2D eigenvalue weighted by atomic mass is 9.96. The van der Waals surface area contributed by atoms with Crippen LogP contribution in [0.5, 0.6) is 0 Å². The van der Waals surface area contributed by atoms with Crippen molar-refractivity contribution in [2.75, 3.05) is 24.5 Å². The van der Waals surface area contributed by atoms with Gasteiger partial charge in [0.1, 0.15) is 5.82 Å². The highest BCUT2D eigenvalue weighted by atomic mass is 19.1. The summed E-state index contributed by atoms with van der Waals surface area (Å²) in [4.78, 5) is 24.8. The van der Waals surface area contributed by atoms with Gasteiger partial charge in [0.15, 0.2) is 5.78 Å². The van der Waals surface area contributed by atoms with Crippen LogP contribution in [0.3, 0.4) is 0 Å². The SMILES string of the molecule is CC(=O)NCC1CCCN(c2cccc(F)c2C(C)=O)C1. The molecule has 0 saturated carbocycles. The summed E-state index contributed by atoms with van der Waals surface area (Å²) in [5.74, 6) is -0.441. The van der Waals surface area contributed by atoms with E-state index in [9.17, 15) is 14.0 Å². The second-order valence-electron chi connectivity index (χ2n) is 5.58. The molecule has 4 nitrogen and oxygen atoms in total. The Morgan fingerprint density at radius 2 is 2.14 bits per heavy atom. The summed E-state index contributed by atoms with van der Waals surface area (Å²) in [6, 6.07) is 4.74. The molecule has 0 aromatic heterocycles. The fourth-order valence-corrected chi connectivity index (χ4v) is 2.86. The molecule has 0 radical (unpaired) electrons. The molecule has 2 rings (SSSR count).